The van der Waals surface area contributed by atoms with Crippen molar-refractivity contribution in [1.29, 1.82) is 0 Å². The van der Waals surface area contributed by atoms with Crippen molar-refractivity contribution in [3.63, 3.8) is 0 Å². The molecule has 2 aromatic rings. The summed E-state index contributed by atoms with van der Waals surface area (Å²) in [5.41, 5.74) is 4.77. The third-order valence-electron chi connectivity index (χ3n) is 7.70. The van der Waals surface area contributed by atoms with Gasteiger partial charge < -0.3 is 10.2 Å². The number of nitrogens with zero attached hydrogens (tertiary/aromatic N) is 2. The van der Waals surface area contributed by atoms with Crippen molar-refractivity contribution >= 4 is 27.5 Å². The van der Waals surface area contributed by atoms with Crippen LogP contribution in [0.2, 0.25) is 0 Å². The van der Waals surface area contributed by atoms with Gasteiger partial charge in [-0.2, -0.15) is 0 Å². The number of benzene rings is 2. The minimum absolute atomic E-state index is 0.0988. The Morgan fingerprint density at radius 1 is 1.00 bits per heavy atom. The van der Waals surface area contributed by atoms with Gasteiger partial charge in [0.2, 0.25) is 21.8 Å². The highest BCUT2D eigenvalue weighted by Gasteiger charge is 2.30. The lowest BCUT2D eigenvalue weighted by atomic mass is 9.95. The summed E-state index contributed by atoms with van der Waals surface area (Å²) in [5.74, 6) is -0.242. The Kier molecular flexibility index (Phi) is 11.0. The number of hydrogen-bond acceptors (Lipinski definition) is 4. The summed E-state index contributed by atoms with van der Waals surface area (Å²) < 4.78 is 26.6. The number of nitrogens with one attached hydrogen (secondary N) is 1. The average molecular weight is 556 g/mol. The first kappa shape index (κ1) is 30.7. The topological polar surface area (TPSA) is 86.8 Å². The lowest BCUT2D eigenvalue weighted by Gasteiger charge is -2.33. The molecule has 0 aliphatic heterocycles. The molecule has 0 spiro atoms. The molecule has 0 unspecified atom stereocenters. The van der Waals surface area contributed by atoms with Crippen molar-refractivity contribution in [3.05, 3.63) is 64.7 Å². The van der Waals surface area contributed by atoms with Gasteiger partial charge in [-0.15, -0.1) is 0 Å². The monoisotopic (exact) mass is 555 g/mol. The summed E-state index contributed by atoms with van der Waals surface area (Å²) in [6.45, 7) is 8.41. The molecular weight excluding hydrogens is 510 g/mol. The van der Waals surface area contributed by atoms with E-state index in [1.165, 1.54) is 17.0 Å². The van der Waals surface area contributed by atoms with Crippen LogP contribution >= 0.6 is 0 Å². The molecule has 2 amide bonds. The summed E-state index contributed by atoms with van der Waals surface area (Å²) in [7, 11) is -3.53. The molecule has 39 heavy (non-hydrogen) atoms. The lowest BCUT2D eigenvalue weighted by molar-refractivity contribution is -0.141. The summed E-state index contributed by atoms with van der Waals surface area (Å²) in [4.78, 5) is 28.8. The molecule has 1 N–H and O–H groups in total. The largest absolute Gasteiger partial charge is 0.352 e. The molecule has 0 bridgehead atoms. The maximum atomic E-state index is 13.7. The van der Waals surface area contributed by atoms with Gasteiger partial charge in [0.25, 0.3) is 0 Å². The molecule has 1 saturated carbocycles. The predicted molar refractivity (Wildman–Crippen MR) is 158 cm³/mol. The number of sulfonamides is 1. The van der Waals surface area contributed by atoms with Crippen LogP contribution < -0.4 is 9.62 Å². The van der Waals surface area contributed by atoms with Crippen molar-refractivity contribution in [1.82, 2.24) is 10.2 Å². The van der Waals surface area contributed by atoms with Crippen LogP contribution in [0.5, 0.6) is 0 Å². The number of rotatable bonds is 12. The molecule has 1 aliphatic rings. The van der Waals surface area contributed by atoms with E-state index < -0.39 is 16.1 Å². The van der Waals surface area contributed by atoms with Crippen LogP contribution in [-0.2, 0) is 26.2 Å². The molecule has 0 saturated heterocycles. The van der Waals surface area contributed by atoms with E-state index in [-0.39, 0.29) is 30.8 Å². The van der Waals surface area contributed by atoms with Crippen LogP contribution in [0, 0.1) is 20.8 Å². The van der Waals surface area contributed by atoms with Gasteiger partial charge >= 0.3 is 0 Å². The second-order valence-electron chi connectivity index (χ2n) is 11.0. The molecule has 2 aromatic carbocycles. The predicted octanol–water partition coefficient (Wildman–Crippen LogP) is 5.41. The SMILES string of the molecule is CC[C@@H](C(=O)NC1CCCCC1)N(Cc1cccc(C)c1)C(=O)CCCN(c1ccc(C)c(C)c1)S(C)(=O)=O. The van der Waals surface area contributed by atoms with Gasteiger partial charge in [0.05, 0.1) is 11.9 Å². The number of carbonyl (C=O) groups excluding carboxylic acids is 2. The quantitative estimate of drug-likeness (QED) is 0.379. The van der Waals surface area contributed by atoms with E-state index in [4.69, 9.17) is 0 Å². The highest BCUT2D eigenvalue weighted by atomic mass is 32.2. The summed E-state index contributed by atoms with van der Waals surface area (Å²) in [6.07, 6.45) is 7.59. The molecule has 1 atom stereocenters. The van der Waals surface area contributed by atoms with Gasteiger partial charge in [-0.3, -0.25) is 13.9 Å². The number of anilines is 1. The molecule has 0 aromatic heterocycles. The fraction of sp³-hybridized carbons (Fsp3) is 0.548. The Morgan fingerprint density at radius 2 is 1.72 bits per heavy atom. The van der Waals surface area contributed by atoms with Crippen LogP contribution in [0.15, 0.2) is 42.5 Å². The normalized spacial score (nSPS) is 15.0. The fourth-order valence-corrected chi connectivity index (χ4v) is 6.31. The first-order valence-corrected chi connectivity index (χ1v) is 16.0. The standard InChI is InChI=1S/C31H45N3O4S/c1-6-29(31(36)32-27-14-8-7-9-15-27)33(22-26-13-10-12-23(2)20-26)30(35)16-11-19-34(39(5,37)38)28-18-17-24(3)25(4)21-28/h10,12-13,17-18,20-21,27,29H,6-9,11,14-16,19,22H2,1-5H3,(H,32,36)/t29-/m0/s1. The number of amides is 2. The van der Waals surface area contributed by atoms with Crippen LogP contribution in [0.4, 0.5) is 5.69 Å². The van der Waals surface area contributed by atoms with E-state index >= 15 is 0 Å². The van der Waals surface area contributed by atoms with Crippen molar-refractivity contribution < 1.29 is 18.0 Å². The Hall–Kier alpha value is -2.87. The molecule has 0 radical (unpaired) electrons. The third-order valence-corrected chi connectivity index (χ3v) is 8.90. The van der Waals surface area contributed by atoms with Crippen LogP contribution in [-0.4, -0.2) is 50.0 Å². The van der Waals surface area contributed by atoms with Crippen molar-refractivity contribution in [2.75, 3.05) is 17.1 Å². The van der Waals surface area contributed by atoms with E-state index in [9.17, 15) is 18.0 Å². The first-order valence-electron chi connectivity index (χ1n) is 14.2. The van der Waals surface area contributed by atoms with Crippen LogP contribution in [0.25, 0.3) is 0 Å². The Morgan fingerprint density at radius 3 is 2.33 bits per heavy atom. The van der Waals surface area contributed by atoms with Gasteiger partial charge in [-0.1, -0.05) is 62.1 Å². The number of aryl methyl sites for hydroxylation is 3. The Bertz CT molecular complexity index is 1240. The van der Waals surface area contributed by atoms with Gasteiger partial charge in [-0.05, 0) is 75.3 Å². The zero-order valence-electron chi connectivity index (χ0n) is 24.2. The molecular formula is C31H45N3O4S. The van der Waals surface area contributed by atoms with Gasteiger partial charge in [0.15, 0.2) is 0 Å². The van der Waals surface area contributed by atoms with Gasteiger partial charge in [-0.25, -0.2) is 8.42 Å². The molecule has 0 heterocycles. The lowest BCUT2D eigenvalue weighted by Crippen LogP contribution is -2.51. The second kappa shape index (κ2) is 14.0. The third kappa shape index (κ3) is 8.82. The Balaban J connectivity index is 1.76. The molecule has 8 heteroatoms. The van der Waals surface area contributed by atoms with Crippen LogP contribution in [0.1, 0.15) is 80.5 Å². The summed E-state index contributed by atoms with van der Waals surface area (Å²) >= 11 is 0. The zero-order valence-corrected chi connectivity index (χ0v) is 25.0. The van der Waals surface area contributed by atoms with Crippen LogP contribution in [0.3, 0.4) is 0 Å². The van der Waals surface area contributed by atoms with Crippen molar-refractivity contribution in [2.45, 2.75) is 97.7 Å². The van der Waals surface area contributed by atoms with Gasteiger partial charge in [0, 0.05) is 25.6 Å². The molecule has 1 fully saturated rings. The maximum Gasteiger partial charge on any atom is 0.243 e. The highest BCUT2D eigenvalue weighted by Crippen LogP contribution is 2.23. The van der Waals surface area contributed by atoms with Gasteiger partial charge in [0.1, 0.15) is 6.04 Å². The fourth-order valence-electron chi connectivity index (χ4n) is 5.36. The molecule has 7 nitrogen and oxygen atoms in total. The maximum absolute atomic E-state index is 13.7. The number of hydrogen-bond donors (Lipinski definition) is 1. The average Bonchev–Trinajstić information content (AvgIpc) is 2.88. The minimum Gasteiger partial charge on any atom is -0.352 e. The second-order valence-corrected chi connectivity index (χ2v) is 12.9. The van der Waals surface area contributed by atoms with E-state index in [1.54, 1.807) is 11.0 Å². The molecule has 214 valence electrons. The van der Waals surface area contributed by atoms with Crippen molar-refractivity contribution in [2.24, 2.45) is 0 Å². The first-order chi connectivity index (χ1) is 18.5. The summed E-state index contributed by atoms with van der Waals surface area (Å²) in [5, 5.41) is 3.21. The van der Waals surface area contributed by atoms with Crippen molar-refractivity contribution in [3.8, 4) is 0 Å². The van der Waals surface area contributed by atoms with E-state index in [0.717, 1.165) is 47.9 Å². The smallest absolute Gasteiger partial charge is 0.243 e. The minimum atomic E-state index is -3.53. The van der Waals surface area contributed by atoms with E-state index in [1.807, 2.05) is 64.1 Å². The zero-order chi connectivity index (χ0) is 28.6. The van der Waals surface area contributed by atoms with E-state index in [0.29, 0.717) is 25.1 Å². The molecule has 1 aliphatic carbocycles. The Labute approximate surface area is 235 Å². The van der Waals surface area contributed by atoms with E-state index in [2.05, 4.69) is 5.32 Å². The summed E-state index contributed by atoms with van der Waals surface area (Å²) in [6, 6.07) is 13.2. The number of carbonyl (C=O) groups is 2. The molecule has 3 rings (SSSR count). The highest BCUT2D eigenvalue weighted by molar-refractivity contribution is 7.92.